The predicted molar refractivity (Wildman–Crippen MR) is 71.6 cm³/mol. The Morgan fingerprint density at radius 1 is 1.59 bits per heavy atom. The molecule has 1 heterocycles. The SMILES string of the molecule is C=C(C)CN(C)S(=O)(=O)c1c(C)csc1CN. The fraction of sp³-hybridized carbons (Fsp3) is 0.455. The zero-order valence-electron chi connectivity index (χ0n) is 10.4. The average Bonchev–Trinajstić information content (AvgIpc) is 2.58. The van der Waals surface area contributed by atoms with Gasteiger partial charge in [0.05, 0.1) is 0 Å². The predicted octanol–water partition coefficient (Wildman–Crippen LogP) is 1.71. The highest BCUT2D eigenvalue weighted by atomic mass is 32.2. The van der Waals surface area contributed by atoms with Gasteiger partial charge in [0.25, 0.3) is 0 Å². The van der Waals surface area contributed by atoms with Gasteiger partial charge >= 0.3 is 0 Å². The molecule has 1 aromatic rings. The summed E-state index contributed by atoms with van der Waals surface area (Å²) in [7, 11) is -1.90. The van der Waals surface area contributed by atoms with Gasteiger partial charge in [-0.25, -0.2) is 8.42 Å². The molecule has 0 unspecified atom stereocenters. The minimum Gasteiger partial charge on any atom is -0.326 e. The minimum absolute atomic E-state index is 0.244. The Morgan fingerprint density at radius 2 is 2.18 bits per heavy atom. The van der Waals surface area contributed by atoms with Crippen molar-refractivity contribution in [3.05, 3.63) is 28.0 Å². The van der Waals surface area contributed by atoms with Crippen LogP contribution >= 0.6 is 11.3 Å². The van der Waals surface area contributed by atoms with Crippen LogP contribution in [0.5, 0.6) is 0 Å². The summed E-state index contributed by atoms with van der Waals surface area (Å²) in [6, 6.07) is 0. The second-order valence-corrected chi connectivity index (χ2v) is 7.04. The molecule has 1 rings (SSSR count). The lowest BCUT2D eigenvalue weighted by atomic mass is 10.3. The van der Waals surface area contributed by atoms with E-state index in [4.69, 9.17) is 5.73 Å². The van der Waals surface area contributed by atoms with Gasteiger partial charge in [-0.1, -0.05) is 12.2 Å². The van der Waals surface area contributed by atoms with Gasteiger partial charge in [-0.05, 0) is 24.8 Å². The van der Waals surface area contributed by atoms with E-state index in [0.717, 1.165) is 11.1 Å². The number of nitrogens with two attached hydrogens (primary N) is 1. The Balaban J connectivity index is 3.21. The molecule has 0 radical (unpaired) electrons. The average molecular weight is 274 g/mol. The van der Waals surface area contributed by atoms with Crippen LogP contribution in [0.25, 0.3) is 0 Å². The van der Waals surface area contributed by atoms with E-state index < -0.39 is 10.0 Å². The lowest BCUT2D eigenvalue weighted by molar-refractivity contribution is 0.492. The summed E-state index contributed by atoms with van der Waals surface area (Å²) < 4.78 is 26.0. The lowest BCUT2D eigenvalue weighted by Crippen LogP contribution is -2.29. The van der Waals surface area contributed by atoms with E-state index in [9.17, 15) is 8.42 Å². The van der Waals surface area contributed by atoms with Crippen molar-refractivity contribution in [1.82, 2.24) is 4.31 Å². The molecule has 0 amide bonds. The third-order valence-electron chi connectivity index (χ3n) is 2.34. The number of hydrogen-bond donors (Lipinski definition) is 1. The van der Waals surface area contributed by atoms with Crippen molar-refractivity contribution < 1.29 is 8.42 Å². The summed E-state index contributed by atoms with van der Waals surface area (Å²) >= 11 is 1.39. The van der Waals surface area contributed by atoms with Crippen LogP contribution in [0.4, 0.5) is 0 Å². The Bertz CT molecular complexity index is 518. The molecule has 2 N–H and O–H groups in total. The van der Waals surface area contributed by atoms with Gasteiger partial charge in [0, 0.05) is 25.0 Å². The van der Waals surface area contributed by atoms with Crippen molar-refractivity contribution in [2.24, 2.45) is 5.73 Å². The van der Waals surface area contributed by atoms with E-state index in [0.29, 0.717) is 16.3 Å². The molecular weight excluding hydrogens is 256 g/mol. The molecule has 0 saturated heterocycles. The van der Waals surface area contributed by atoms with E-state index in [1.807, 2.05) is 5.38 Å². The van der Waals surface area contributed by atoms with Crippen molar-refractivity contribution >= 4 is 21.4 Å². The van der Waals surface area contributed by atoms with Gasteiger partial charge in [0.15, 0.2) is 0 Å². The van der Waals surface area contributed by atoms with Crippen LogP contribution in [0.15, 0.2) is 22.4 Å². The molecule has 6 heteroatoms. The highest BCUT2D eigenvalue weighted by molar-refractivity contribution is 7.89. The van der Waals surface area contributed by atoms with E-state index in [1.165, 1.54) is 15.6 Å². The van der Waals surface area contributed by atoms with Crippen molar-refractivity contribution in [3.63, 3.8) is 0 Å². The monoisotopic (exact) mass is 274 g/mol. The highest BCUT2D eigenvalue weighted by Gasteiger charge is 2.26. The Hall–Kier alpha value is -0.690. The molecule has 0 aliphatic heterocycles. The number of aryl methyl sites for hydroxylation is 1. The highest BCUT2D eigenvalue weighted by Crippen LogP contribution is 2.28. The molecule has 4 nitrogen and oxygen atoms in total. The molecule has 96 valence electrons. The van der Waals surface area contributed by atoms with Crippen LogP contribution in [0, 0.1) is 6.92 Å². The zero-order valence-corrected chi connectivity index (χ0v) is 12.0. The van der Waals surface area contributed by atoms with Gasteiger partial charge in [-0.15, -0.1) is 11.3 Å². The molecular formula is C11H18N2O2S2. The van der Waals surface area contributed by atoms with E-state index in [1.54, 1.807) is 20.9 Å². The topological polar surface area (TPSA) is 63.4 Å². The second kappa shape index (κ2) is 5.30. The molecule has 0 saturated carbocycles. The third-order valence-corrected chi connectivity index (χ3v) is 5.63. The quantitative estimate of drug-likeness (QED) is 0.831. The van der Waals surface area contributed by atoms with Crippen LogP contribution < -0.4 is 5.73 Å². The third kappa shape index (κ3) is 2.95. The Labute approximate surface area is 107 Å². The zero-order chi connectivity index (χ0) is 13.2. The van der Waals surface area contributed by atoms with Gasteiger partial charge in [-0.3, -0.25) is 0 Å². The molecule has 0 aliphatic carbocycles. The van der Waals surface area contributed by atoms with Gasteiger partial charge in [0.2, 0.25) is 10.0 Å². The van der Waals surface area contributed by atoms with Crippen molar-refractivity contribution in [3.8, 4) is 0 Å². The molecule has 0 bridgehead atoms. The Morgan fingerprint density at radius 3 is 2.65 bits per heavy atom. The Kier molecular flexibility index (Phi) is 4.48. The summed E-state index contributed by atoms with van der Waals surface area (Å²) in [5.41, 5.74) is 7.13. The number of rotatable bonds is 5. The van der Waals surface area contributed by atoms with E-state index in [2.05, 4.69) is 6.58 Å². The smallest absolute Gasteiger partial charge is 0.244 e. The molecule has 0 aliphatic rings. The largest absolute Gasteiger partial charge is 0.326 e. The first-order valence-electron chi connectivity index (χ1n) is 5.18. The fourth-order valence-electron chi connectivity index (χ4n) is 1.60. The first-order chi connectivity index (χ1) is 7.80. The molecule has 0 fully saturated rings. The second-order valence-electron chi connectivity index (χ2n) is 4.09. The molecule has 0 atom stereocenters. The normalized spacial score (nSPS) is 12.1. The maximum atomic E-state index is 12.4. The number of nitrogens with zero attached hydrogens (tertiary/aromatic N) is 1. The van der Waals surface area contributed by atoms with E-state index >= 15 is 0 Å². The van der Waals surface area contributed by atoms with E-state index in [-0.39, 0.29) is 6.54 Å². The van der Waals surface area contributed by atoms with Crippen molar-refractivity contribution in [2.45, 2.75) is 25.3 Å². The summed E-state index contributed by atoms with van der Waals surface area (Å²) in [5.74, 6) is 0. The number of thiophene rings is 1. The van der Waals surface area contributed by atoms with Gasteiger partial charge in [-0.2, -0.15) is 4.31 Å². The summed E-state index contributed by atoms with van der Waals surface area (Å²) in [4.78, 5) is 1.06. The van der Waals surface area contributed by atoms with Gasteiger partial charge in [0.1, 0.15) is 4.90 Å². The van der Waals surface area contributed by atoms with Crippen LogP contribution in [0.2, 0.25) is 0 Å². The standard InChI is InChI=1S/C11H18N2O2S2/c1-8(2)6-13(4)17(14,15)11-9(3)7-16-10(11)5-12/h7H,1,5-6,12H2,2-4H3. The van der Waals surface area contributed by atoms with Crippen LogP contribution in [0.3, 0.4) is 0 Å². The van der Waals surface area contributed by atoms with Crippen LogP contribution in [-0.2, 0) is 16.6 Å². The molecule has 1 aromatic heterocycles. The summed E-state index contributed by atoms with van der Waals surface area (Å²) in [6.07, 6.45) is 0. The molecule has 0 spiro atoms. The number of hydrogen-bond acceptors (Lipinski definition) is 4. The molecule has 17 heavy (non-hydrogen) atoms. The maximum Gasteiger partial charge on any atom is 0.244 e. The minimum atomic E-state index is -3.46. The maximum absolute atomic E-state index is 12.4. The molecule has 0 aromatic carbocycles. The summed E-state index contributed by atoms with van der Waals surface area (Å²) in [5, 5.41) is 1.82. The lowest BCUT2D eigenvalue weighted by Gasteiger charge is -2.18. The van der Waals surface area contributed by atoms with Crippen LogP contribution in [0.1, 0.15) is 17.4 Å². The summed E-state index contributed by atoms with van der Waals surface area (Å²) in [6.45, 7) is 7.88. The number of sulfonamides is 1. The van der Waals surface area contributed by atoms with Crippen molar-refractivity contribution in [1.29, 1.82) is 0 Å². The van der Waals surface area contributed by atoms with Crippen molar-refractivity contribution in [2.75, 3.05) is 13.6 Å². The first-order valence-corrected chi connectivity index (χ1v) is 7.50. The van der Waals surface area contributed by atoms with Gasteiger partial charge < -0.3 is 5.73 Å². The fourth-order valence-corrected chi connectivity index (χ4v) is 4.47. The first kappa shape index (κ1) is 14.4. The number of likely N-dealkylation sites (N-methyl/N-ethyl adjacent to an activating group) is 1. The van der Waals surface area contributed by atoms with Crippen LogP contribution in [-0.4, -0.2) is 26.3 Å².